The third-order valence-corrected chi connectivity index (χ3v) is 4.90. The molecule has 0 rings (SSSR count). The summed E-state index contributed by atoms with van der Waals surface area (Å²) >= 11 is 0. The monoisotopic (exact) mass is 221 g/mol. The summed E-state index contributed by atoms with van der Waals surface area (Å²) in [6.45, 7) is 8.50. The van der Waals surface area contributed by atoms with Gasteiger partial charge in [-0.2, -0.15) is 0 Å². The molecule has 0 saturated carbocycles. The zero-order valence-corrected chi connectivity index (χ0v) is 10.5. The van der Waals surface area contributed by atoms with E-state index in [1.807, 2.05) is 6.92 Å². The van der Waals surface area contributed by atoms with Crippen LogP contribution in [-0.4, -0.2) is 32.0 Å². The summed E-state index contributed by atoms with van der Waals surface area (Å²) < 4.78 is 23.2. The molecule has 0 radical (unpaired) electrons. The van der Waals surface area contributed by atoms with Crippen LogP contribution in [0.1, 0.15) is 40.5 Å². The molecule has 0 saturated heterocycles. The molecule has 1 N–H and O–H groups in total. The first-order valence-electron chi connectivity index (χ1n) is 5.44. The van der Waals surface area contributed by atoms with E-state index in [2.05, 4.69) is 12.2 Å². The molecule has 86 valence electrons. The molecule has 0 aliphatic heterocycles. The molecule has 0 aliphatic carbocycles. The van der Waals surface area contributed by atoms with Crippen molar-refractivity contribution in [1.82, 2.24) is 5.32 Å². The summed E-state index contributed by atoms with van der Waals surface area (Å²) in [5, 5.41) is 3.01. The van der Waals surface area contributed by atoms with Crippen LogP contribution in [0.3, 0.4) is 0 Å². The van der Waals surface area contributed by atoms with E-state index >= 15 is 0 Å². The van der Waals surface area contributed by atoms with Crippen LogP contribution in [0.5, 0.6) is 0 Å². The fourth-order valence-corrected chi connectivity index (χ4v) is 2.80. The standard InChI is InChI=1S/C10H23NO2S/c1-5-8-11-10(6-2)9(4)14(12,13)7-3/h9-11H,5-8H2,1-4H3. The SMILES string of the molecule is CCCNC(CC)C(C)S(=O)(=O)CC. The van der Waals surface area contributed by atoms with Gasteiger partial charge < -0.3 is 5.32 Å². The van der Waals surface area contributed by atoms with Crippen molar-refractivity contribution in [3.05, 3.63) is 0 Å². The molecule has 0 aromatic carbocycles. The summed E-state index contributed by atoms with van der Waals surface area (Å²) in [7, 11) is -2.90. The van der Waals surface area contributed by atoms with E-state index in [1.165, 1.54) is 0 Å². The zero-order valence-electron chi connectivity index (χ0n) is 9.71. The fourth-order valence-electron chi connectivity index (χ4n) is 1.49. The molecule has 0 spiro atoms. The molecular formula is C10H23NO2S. The number of hydrogen-bond acceptors (Lipinski definition) is 3. The van der Waals surface area contributed by atoms with E-state index in [0.717, 1.165) is 19.4 Å². The maximum atomic E-state index is 11.6. The van der Waals surface area contributed by atoms with E-state index < -0.39 is 9.84 Å². The molecule has 4 heteroatoms. The Morgan fingerprint density at radius 3 is 2.14 bits per heavy atom. The van der Waals surface area contributed by atoms with Gasteiger partial charge in [-0.05, 0) is 26.3 Å². The summed E-state index contributed by atoms with van der Waals surface area (Å²) in [6.07, 6.45) is 1.90. The highest BCUT2D eigenvalue weighted by molar-refractivity contribution is 7.92. The van der Waals surface area contributed by atoms with E-state index in [-0.39, 0.29) is 17.0 Å². The predicted molar refractivity (Wildman–Crippen MR) is 61.3 cm³/mol. The van der Waals surface area contributed by atoms with Crippen molar-refractivity contribution in [2.75, 3.05) is 12.3 Å². The van der Waals surface area contributed by atoms with Crippen LogP contribution in [0.2, 0.25) is 0 Å². The molecule has 3 nitrogen and oxygen atoms in total. The number of sulfone groups is 1. The van der Waals surface area contributed by atoms with E-state index in [1.54, 1.807) is 13.8 Å². The second-order valence-corrected chi connectivity index (χ2v) is 6.27. The molecule has 2 atom stereocenters. The van der Waals surface area contributed by atoms with E-state index in [0.29, 0.717) is 0 Å². The summed E-state index contributed by atoms with van der Waals surface area (Å²) in [4.78, 5) is 0. The lowest BCUT2D eigenvalue weighted by atomic mass is 10.1. The quantitative estimate of drug-likeness (QED) is 0.710. The highest BCUT2D eigenvalue weighted by Crippen LogP contribution is 2.10. The molecule has 14 heavy (non-hydrogen) atoms. The van der Waals surface area contributed by atoms with Gasteiger partial charge >= 0.3 is 0 Å². The van der Waals surface area contributed by atoms with Gasteiger partial charge in [-0.1, -0.05) is 20.8 Å². The molecule has 0 aromatic heterocycles. The smallest absolute Gasteiger partial charge is 0.154 e. The van der Waals surface area contributed by atoms with Gasteiger partial charge in [0, 0.05) is 11.8 Å². The third kappa shape index (κ3) is 3.96. The van der Waals surface area contributed by atoms with Crippen LogP contribution in [0.25, 0.3) is 0 Å². The predicted octanol–water partition coefficient (Wildman–Crippen LogP) is 1.59. The maximum Gasteiger partial charge on any atom is 0.154 e. The molecule has 0 amide bonds. The topological polar surface area (TPSA) is 46.2 Å². The Labute approximate surface area is 88.2 Å². The second-order valence-electron chi connectivity index (χ2n) is 3.63. The summed E-state index contributed by atoms with van der Waals surface area (Å²) in [5.41, 5.74) is 0. The van der Waals surface area contributed by atoms with E-state index in [9.17, 15) is 8.42 Å². The summed E-state index contributed by atoms with van der Waals surface area (Å²) in [6, 6.07) is 0.0971. The Balaban J connectivity index is 4.38. The van der Waals surface area contributed by atoms with Crippen molar-refractivity contribution in [3.63, 3.8) is 0 Å². The Morgan fingerprint density at radius 1 is 1.21 bits per heavy atom. The van der Waals surface area contributed by atoms with Crippen molar-refractivity contribution in [2.45, 2.75) is 51.8 Å². The van der Waals surface area contributed by atoms with Crippen LogP contribution in [0.4, 0.5) is 0 Å². The lowest BCUT2D eigenvalue weighted by Crippen LogP contribution is -2.43. The second kappa shape index (κ2) is 6.40. The molecule has 2 unspecified atom stereocenters. The number of nitrogens with one attached hydrogen (secondary N) is 1. The zero-order chi connectivity index (χ0) is 11.2. The van der Waals surface area contributed by atoms with Gasteiger partial charge in [0.1, 0.15) is 0 Å². The van der Waals surface area contributed by atoms with Gasteiger partial charge in [-0.3, -0.25) is 0 Å². The first-order valence-corrected chi connectivity index (χ1v) is 7.16. The first-order chi connectivity index (χ1) is 6.49. The van der Waals surface area contributed by atoms with Crippen molar-refractivity contribution in [2.24, 2.45) is 0 Å². The van der Waals surface area contributed by atoms with Gasteiger partial charge in [0.15, 0.2) is 9.84 Å². The minimum absolute atomic E-state index is 0.0971. The molecule has 0 fully saturated rings. The number of hydrogen-bond donors (Lipinski definition) is 1. The Hall–Kier alpha value is -0.0900. The van der Waals surface area contributed by atoms with Gasteiger partial charge in [0.05, 0.1) is 5.25 Å². The van der Waals surface area contributed by atoms with Crippen LogP contribution < -0.4 is 5.32 Å². The molecule has 0 heterocycles. The van der Waals surface area contributed by atoms with Crippen LogP contribution >= 0.6 is 0 Å². The number of rotatable bonds is 7. The van der Waals surface area contributed by atoms with Crippen LogP contribution in [0, 0.1) is 0 Å². The largest absolute Gasteiger partial charge is 0.313 e. The fraction of sp³-hybridized carbons (Fsp3) is 1.00. The van der Waals surface area contributed by atoms with Gasteiger partial charge in [-0.25, -0.2) is 8.42 Å². The third-order valence-electron chi connectivity index (χ3n) is 2.63. The van der Waals surface area contributed by atoms with Gasteiger partial charge in [0.25, 0.3) is 0 Å². The molecule has 0 bridgehead atoms. The van der Waals surface area contributed by atoms with Crippen molar-refractivity contribution in [1.29, 1.82) is 0 Å². The Kier molecular flexibility index (Phi) is 6.36. The van der Waals surface area contributed by atoms with Gasteiger partial charge in [0.2, 0.25) is 0 Å². The minimum atomic E-state index is -2.90. The minimum Gasteiger partial charge on any atom is -0.313 e. The summed E-state index contributed by atoms with van der Waals surface area (Å²) in [5.74, 6) is 0.235. The normalized spacial score (nSPS) is 16.6. The average Bonchev–Trinajstić information content (AvgIpc) is 2.18. The average molecular weight is 221 g/mol. The molecule has 0 aromatic rings. The Bertz CT molecular complexity index is 237. The van der Waals surface area contributed by atoms with E-state index in [4.69, 9.17) is 0 Å². The van der Waals surface area contributed by atoms with Crippen molar-refractivity contribution >= 4 is 9.84 Å². The van der Waals surface area contributed by atoms with Crippen LogP contribution in [0.15, 0.2) is 0 Å². The first kappa shape index (κ1) is 13.9. The van der Waals surface area contributed by atoms with Crippen molar-refractivity contribution in [3.8, 4) is 0 Å². The Morgan fingerprint density at radius 2 is 1.79 bits per heavy atom. The maximum absolute atomic E-state index is 11.6. The van der Waals surface area contributed by atoms with Crippen LogP contribution in [-0.2, 0) is 9.84 Å². The van der Waals surface area contributed by atoms with Gasteiger partial charge in [-0.15, -0.1) is 0 Å². The highest BCUT2D eigenvalue weighted by atomic mass is 32.2. The molecular weight excluding hydrogens is 198 g/mol. The highest BCUT2D eigenvalue weighted by Gasteiger charge is 2.25. The lowest BCUT2D eigenvalue weighted by molar-refractivity contribution is 0.472. The van der Waals surface area contributed by atoms with Crippen molar-refractivity contribution < 1.29 is 8.42 Å². The lowest BCUT2D eigenvalue weighted by Gasteiger charge is -2.23. The molecule has 0 aliphatic rings.